The van der Waals surface area contributed by atoms with E-state index in [1.165, 1.54) is 5.56 Å². The average molecular weight is 206 g/mol. The fourth-order valence-electron chi connectivity index (χ4n) is 1.21. The smallest absolute Gasteiger partial charge is 0.0314 e. The summed E-state index contributed by atoms with van der Waals surface area (Å²) < 4.78 is 0. The molecule has 0 fully saturated rings. The molecule has 1 unspecified atom stereocenters. The Morgan fingerprint density at radius 1 is 1.20 bits per heavy atom. The predicted molar refractivity (Wildman–Crippen MR) is 66.6 cm³/mol. The first-order valence-corrected chi connectivity index (χ1v) is 5.47. The summed E-state index contributed by atoms with van der Waals surface area (Å²) in [7, 11) is 0. The van der Waals surface area contributed by atoms with E-state index in [9.17, 15) is 0 Å². The number of hydrogen-bond acceptors (Lipinski definition) is 2. The van der Waals surface area contributed by atoms with Crippen molar-refractivity contribution in [3.8, 4) is 0 Å². The average Bonchev–Trinajstić information content (AvgIpc) is 2.15. The van der Waals surface area contributed by atoms with Gasteiger partial charge in [0, 0.05) is 18.3 Å². The zero-order valence-corrected chi connectivity index (χ0v) is 10.2. The molecule has 0 aliphatic carbocycles. The molecule has 0 aliphatic rings. The summed E-state index contributed by atoms with van der Waals surface area (Å²) in [5.41, 5.74) is 8.03. The normalized spacial score (nSPS) is 13.9. The van der Waals surface area contributed by atoms with Crippen LogP contribution in [0.25, 0.3) is 0 Å². The van der Waals surface area contributed by atoms with E-state index in [-0.39, 0.29) is 0 Å². The molecule has 0 bridgehead atoms. The molecule has 1 aromatic rings. The second-order valence-corrected chi connectivity index (χ2v) is 5.21. The highest BCUT2D eigenvalue weighted by molar-refractivity contribution is 5.39. The van der Waals surface area contributed by atoms with Crippen LogP contribution in [0.1, 0.15) is 33.3 Å². The van der Waals surface area contributed by atoms with Crippen LogP contribution in [0.3, 0.4) is 0 Å². The predicted octanol–water partition coefficient (Wildman–Crippen LogP) is 2.79. The van der Waals surface area contributed by atoms with Gasteiger partial charge in [-0.3, -0.25) is 0 Å². The molecule has 84 valence electrons. The molecule has 0 spiro atoms. The van der Waals surface area contributed by atoms with Gasteiger partial charge in [-0.1, -0.05) is 32.9 Å². The lowest BCUT2D eigenvalue weighted by molar-refractivity contribution is 0.285. The number of benzene rings is 1. The minimum Gasteiger partial charge on any atom is -0.399 e. The highest BCUT2D eigenvalue weighted by Gasteiger charge is 2.18. The van der Waals surface area contributed by atoms with Gasteiger partial charge < -0.3 is 11.1 Å². The van der Waals surface area contributed by atoms with E-state index in [0.29, 0.717) is 11.5 Å². The molecule has 0 heterocycles. The van der Waals surface area contributed by atoms with Gasteiger partial charge in [-0.05, 0) is 30.0 Å². The second kappa shape index (κ2) is 4.67. The molecule has 15 heavy (non-hydrogen) atoms. The Morgan fingerprint density at radius 2 is 1.73 bits per heavy atom. The summed E-state index contributed by atoms with van der Waals surface area (Å²) in [5.74, 6) is 0. The number of nitrogen functional groups attached to an aromatic ring is 1. The Balaban J connectivity index is 2.47. The first-order valence-electron chi connectivity index (χ1n) is 5.47. The van der Waals surface area contributed by atoms with Crippen LogP contribution >= 0.6 is 0 Å². The van der Waals surface area contributed by atoms with Gasteiger partial charge >= 0.3 is 0 Å². The number of nitrogens with one attached hydrogen (secondary N) is 1. The molecule has 2 nitrogen and oxygen atoms in total. The Hall–Kier alpha value is -1.02. The zero-order valence-electron chi connectivity index (χ0n) is 10.2. The summed E-state index contributed by atoms with van der Waals surface area (Å²) in [6.45, 7) is 9.85. The van der Waals surface area contributed by atoms with Crippen molar-refractivity contribution >= 4 is 5.69 Å². The monoisotopic (exact) mass is 206 g/mol. The van der Waals surface area contributed by atoms with Gasteiger partial charge in [0.2, 0.25) is 0 Å². The van der Waals surface area contributed by atoms with Crippen molar-refractivity contribution in [2.45, 2.75) is 40.3 Å². The van der Waals surface area contributed by atoms with Gasteiger partial charge in [-0.25, -0.2) is 0 Å². The number of rotatable bonds is 3. The first kappa shape index (κ1) is 12.1. The van der Waals surface area contributed by atoms with Crippen LogP contribution < -0.4 is 11.1 Å². The third-order valence-electron chi connectivity index (χ3n) is 2.89. The second-order valence-electron chi connectivity index (χ2n) is 5.21. The van der Waals surface area contributed by atoms with E-state index in [0.717, 1.165) is 12.2 Å². The molecule has 0 amide bonds. The summed E-state index contributed by atoms with van der Waals surface area (Å²) in [6.07, 6.45) is 0. The van der Waals surface area contributed by atoms with Gasteiger partial charge in [0.05, 0.1) is 0 Å². The fraction of sp³-hybridized carbons (Fsp3) is 0.538. The van der Waals surface area contributed by atoms with Gasteiger partial charge in [-0.15, -0.1) is 0 Å². The van der Waals surface area contributed by atoms with E-state index in [1.54, 1.807) is 0 Å². The molecule has 0 saturated heterocycles. The number of hydrogen-bond donors (Lipinski definition) is 2. The first-order chi connectivity index (χ1) is 6.89. The van der Waals surface area contributed by atoms with E-state index < -0.39 is 0 Å². The van der Waals surface area contributed by atoms with E-state index in [4.69, 9.17) is 5.73 Å². The minimum atomic E-state index is 0.299. The Labute approximate surface area is 92.9 Å². The van der Waals surface area contributed by atoms with Crippen LogP contribution in [0, 0.1) is 5.41 Å². The van der Waals surface area contributed by atoms with Crippen molar-refractivity contribution in [3.63, 3.8) is 0 Å². The molecule has 0 aliphatic heterocycles. The van der Waals surface area contributed by atoms with Crippen molar-refractivity contribution in [1.82, 2.24) is 5.32 Å². The van der Waals surface area contributed by atoms with Crippen LogP contribution in [0.5, 0.6) is 0 Å². The van der Waals surface area contributed by atoms with Gasteiger partial charge in [-0.2, -0.15) is 0 Å². The van der Waals surface area contributed by atoms with Crippen LogP contribution in [0.15, 0.2) is 24.3 Å². The molecule has 0 aromatic heterocycles. The lowest BCUT2D eigenvalue weighted by Gasteiger charge is -2.28. The van der Waals surface area contributed by atoms with Crippen LogP contribution in [-0.2, 0) is 6.54 Å². The zero-order chi connectivity index (χ0) is 11.5. The van der Waals surface area contributed by atoms with E-state index in [2.05, 4.69) is 45.1 Å². The molecule has 1 atom stereocenters. The molecular weight excluding hydrogens is 184 g/mol. The third-order valence-corrected chi connectivity index (χ3v) is 2.89. The van der Waals surface area contributed by atoms with Crippen LogP contribution in [-0.4, -0.2) is 6.04 Å². The highest BCUT2D eigenvalue weighted by Crippen LogP contribution is 2.18. The minimum absolute atomic E-state index is 0.299. The van der Waals surface area contributed by atoms with E-state index in [1.807, 2.05) is 12.1 Å². The van der Waals surface area contributed by atoms with Crippen molar-refractivity contribution < 1.29 is 0 Å². The molecule has 0 radical (unpaired) electrons. The molecule has 3 N–H and O–H groups in total. The van der Waals surface area contributed by atoms with Gasteiger partial charge in [0.25, 0.3) is 0 Å². The standard InChI is InChI=1S/C13H22N2/c1-10(13(2,3)4)15-9-11-5-7-12(14)8-6-11/h5-8,10,15H,9,14H2,1-4H3. The molecule has 2 heteroatoms. The van der Waals surface area contributed by atoms with Crippen molar-refractivity contribution in [2.75, 3.05) is 5.73 Å². The topological polar surface area (TPSA) is 38.0 Å². The molecule has 0 saturated carbocycles. The maximum Gasteiger partial charge on any atom is 0.0314 e. The Kier molecular flexibility index (Phi) is 3.75. The van der Waals surface area contributed by atoms with Crippen molar-refractivity contribution in [1.29, 1.82) is 0 Å². The van der Waals surface area contributed by atoms with Crippen LogP contribution in [0.4, 0.5) is 5.69 Å². The molecule has 1 rings (SSSR count). The lowest BCUT2D eigenvalue weighted by Crippen LogP contribution is -2.37. The van der Waals surface area contributed by atoms with Crippen LogP contribution in [0.2, 0.25) is 0 Å². The van der Waals surface area contributed by atoms with Gasteiger partial charge in [0.1, 0.15) is 0 Å². The quantitative estimate of drug-likeness (QED) is 0.746. The summed E-state index contributed by atoms with van der Waals surface area (Å²) >= 11 is 0. The molecule has 1 aromatic carbocycles. The Bertz CT molecular complexity index is 295. The summed E-state index contributed by atoms with van der Waals surface area (Å²) in [5, 5.41) is 3.52. The lowest BCUT2D eigenvalue weighted by atomic mass is 9.88. The number of nitrogens with two attached hydrogens (primary N) is 1. The fourth-order valence-corrected chi connectivity index (χ4v) is 1.21. The molecular formula is C13H22N2. The highest BCUT2D eigenvalue weighted by atomic mass is 14.9. The maximum atomic E-state index is 5.63. The van der Waals surface area contributed by atoms with Crippen molar-refractivity contribution in [2.24, 2.45) is 5.41 Å². The SMILES string of the molecule is CC(NCc1ccc(N)cc1)C(C)(C)C. The summed E-state index contributed by atoms with van der Waals surface area (Å²) in [4.78, 5) is 0. The number of anilines is 1. The van der Waals surface area contributed by atoms with Crippen molar-refractivity contribution in [3.05, 3.63) is 29.8 Å². The largest absolute Gasteiger partial charge is 0.399 e. The Morgan fingerprint density at radius 3 is 2.20 bits per heavy atom. The maximum absolute atomic E-state index is 5.63. The third kappa shape index (κ3) is 3.92. The summed E-state index contributed by atoms with van der Waals surface area (Å²) in [6, 6.07) is 8.52. The van der Waals surface area contributed by atoms with E-state index >= 15 is 0 Å². The van der Waals surface area contributed by atoms with Gasteiger partial charge in [0.15, 0.2) is 0 Å².